The van der Waals surface area contributed by atoms with Crippen molar-refractivity contribution in [2.24, 2.45) is 17.7 Å². The number of rotatable bonds is 1. The van der Waals surface area contributed by atoms with E-state index in [0.717, 1.165) is 11.8 Å². The summed E-state index contributed by atoms with van der Waals surface area (Å²) in [5.74, 6) is 7.30. The van der Waals surface area contributed by atoms with Gasteiger partial charge in [0, 0.05) is 6.04 Å². The van der Waals surface area contributed by atoms with Gasteiger partial charge in [-0.15, -0.1) is 0 Å². The molecule has 2 aliphatic carbocycles. The molecule has 0 unspecified atom stereocenters. The van der Waals surface area contributed by atoms with Gasteiger partial charge in [0.2, 0.25) is 0 Å². The van der Waals surface area contributed by atoms with Crippen molar-refractivity contribution in [3.8, 4) is 0 Å². The van der Waals surface area contributed by atoms with Crippen LogP contribution in [0.15, 0.2) is 0 Å². The van der Waals surface area contributed by atoms with Gasteiger partial charge < -0.3 is 0 Å². The summed E-state index contributed by atoms with van der Waals surface area (Å²) in [5.41, 5.74) is 2.90. The van der Waals surface area contributed by atoms with Crippen LogP contribution in [0.1, 0.15) is 25.7 Å². The number of hydrogen-bond donors (Lipinski definition) is 2. The van der Waals surface area contributed by atoms with Crippen molar-refractivity contribution in [2.75, 3.05) is 0 Å². The average molecular weight is 126 g/mol. The van der Waals surface area contributed by atoms with Gasteiger partial charge in [-0.2, -0.15) is 0 Å². The van der Waals surface area contributed by atoms with Gasteiger partial charge in [0.15, 0.2) is 0 Å². The number of nitrogens with one attached hydrogen (secondary N) is 1. The average Bonchev–Trinajstić information content (AvgIpc) is 2.45. The minimum atomic E-state index is 0.656. The Morgan fingerprint density at radius 1 is 1.22 bits per heavy atom. The van der Waals surface area contributed by atoms with Crippen LogP contribution in [0.4, 0.5) is 0 Å². The molecule has 0 aromatic heterocycles. The molecule has 0 aliphatic heterocycles. The van der Waals surface area contributed by atoms with E-state index in [-0.39, 0.29) is 0 Å². The lowest BCUT2D eigenvalue weighted by Crippen LogP contribution is -2.38. The van der Waals surface area contributed by atoms with Gasteiger partial charge in [-0.05, 0) is 31.1 Å². The van der Waals surface area contributed by atoms with E-state index in [4.69, 9.17) is 5.84 Å². The van der Waals surface area contributed by atoms with Crippen LogP contribution in [0.5, 0.6) is 0 Å². The Hall–Kier alpha value is -0.0800. The summed E-state index contributed by atoms with van der Waals surface area (Å²) in [6.45, 7) is 0. The maximum atomic E-state index is 5.37. The zero-order valence-electron chi connectivity index (χ0n) is 5.64. The van der Waals surface area contributed by atoms with Gasteiger partial charge in [-0.3, -0.25) is 11.3 Å². The van der Waals surface area contributed by atoms with E-state index >= 15 is 0 Å². The standard InChI is InChI=1S/C7H14N2/c8-9-7-4-5-1-2-6(7)3-5/h5-7,9H,1-4,8H2/t5-,6+,7+/m1/s1. The zero-order chi connectivity index (χ0) is 6.27. The smallest absolute Gasteiger partial charge is 0.0241 e. The molecule has 0 aromatic carbocycles. The van der Waals surface area contributed by atoms with Crippen molar-refractivity contribution < 1.29 is 0 Å². The van der Waals surface area contributed by atoms with Crippen molar-refractivity contribution in [3.05, 3.63) is 0 Å². The first-order valence-corrected chi connectivity index (χ1v) is 3.86. The molecule has 3 N–H and O–H groups in total. The van der Waals surface area contributed by atoms with E-state index < -0.39 is 0 Å². The molecule has 0 heterocycles. The highest BCUT2D eigenvalue weighted by molar-refractivity contribution is 4.92. The van der Waals surface area contributed by atoms with Crippen LogP contribution in [0, 0.1) is 11.8 Å². The Kier molecular flexibility index (Phi) is 1.24. The highest BCUT2D eigenvalue weighted by atomic mass is 15.2. The fourth-order valence-corrected chi connectivity index (χ4v) is 2.45. The maximum Gasteiger partial charge on any atom is 0.0241 e. The van der Waals surface area contributed by atoms with E-state index in [1.807, 2.05) is 0 Å². The summed E-state index contributed by atoms with van der Waals surface area (Å²) < 4.78 is 0. The predicted octanol–water partition coefficient (Wildman–Crippen LogP) is 0.638. The van der Waals surface area contributed by atoms with E-state index in [0.29, 0.717) is 6.04 Å². The summed E-state index contributed by atoms with van der Waals surface area (Å²) >= 11 is 0. The largest absolute Gasteiger partial charge is 0.271 e. The first kappa shape index (κ1) is 5.69. The van der Waals surface area contributed by atoms with Gasteiger partial charge in [0.1, 0.15) is 0 Å². The second-order valence-corrected chi connectivity index (χ2v) is 3.45. The molecule has 2 heteroatoms. The molecule has 2 fully saturated rings. The summed E-state index contributed by atoms with van der Waals surface area (Å²) in [4.78, 5) is 0. The van der Waals surface area contributed by atoms with E-state index in [2.05, 4.69) is 5.43 Å². The van der Waals surface area contributed by atoms with Crippen LogP contribution in [-0.2, 0) is 0 Å². The van der Waals surface area contributed by atoms with E-state index in [1.165, 1.54) is 25.7 Å². The molecule has 0 amide bonds. The van der Waals surface area contributed by atoms with Crippen LogP contribution in [0.25, 0.3) is 0 Å². The van der Waals surface area contributed by atoms with Crippen molar-refractivity contribution in [1.82, 2.24) is 5.43 Å². The minimum absolute atomic E-state index is 0.656. The minimum Gasteiger partial charge on any atom is -0.271 e. The van der Waals surface area contributed by atoms with Crippen LogP contribution in [-0.4, -0.2) is 6.04 Å². The van der Waals surface area contributed by atoms with Crippen LogP contribution in [0.3, 0.4) is 0 Å². The van der Waals surface area contributed by atoms with E-state index in [9.17, 15) is 0 Å². The maximum absolute atomic E-state index is 5.37. The molecule has 2 aliphatic rings. The van der Waals surface area contributed by atoms with Crippen molar-refractivity contribution in [3.63, 3.8) is 0 Å². The van der Waals surface area contributed by atoms with Gasteiger partial charge in [-0.1, -0.05) is 6.42 Å². The topological polar surface area (TPSA) is 38.0 Å². The normalized spacial score (nSPS) is 48.3. The lowest BCUT2D eigenvalue weighted by atomic mass is 9.96. The summed E-state index contributed by atoms with van der Waals surface area (Å²) in [6, 6.07) is 0.656. The Bertz CT molecular complexity index is 113. The van der Waals surface area contributed by atoms with Gasteiger partial charge in [0.25, 0.3) is 0 Å². The first-order valence-electron chi connectivity index (χ1n) is 3.86. The molecule has 0 radical (unpaired) electrons. The number of nitrogens with two attached hydrogens (primary N) is 1. The molecule has 0 spiro atoms. The Balaban J connectivity index is 2.01. The molecular formula is C7H14N2. The molecule has 3 atom stereocenters. The third-order valence-electron chi connectivity index (χ3n) is 2.95. The van der Waals surface area contributed by atoms with Gasteiger partial charge >= 0.3 is 0 Å². The Labute approximate surface area is 55.8 Å². The van der Waals surface area contributed by atoms with Crippen LogP contribution in [0.2, 0.25) is 0 Å². The Morgan fingerprint density at radius 2 is 2.11 bits per heavy atom. The molecule has 2 saturated carbocycles. The monoisotopic (exact) mass is 126 g/mol. The third kappa shape index (κ3) is 0.775. The number of hydrazine groups is 1. The summed E-state index contributed by atoms with van der Waals surface area (Å²) in [6.07, 6.45) is 5.65. The molecule has 0 aromatic rings. The lowest BCUT2D eigenvalue weighted by molar-refractivity contribution is 0.357. The van der Waals surface area contributed by atoms with Crippen molar-refractivity contribution in [2.45, 2.75) is 31.7 Å². The fourth-order valence-electron chi connectivity index (χ4n) is 2.45. The highest BCUT2D eigenvalue weighted by Crippen LogP contribution is 2.43. The molecule has 2 nitrogen and oxygen atoms in total. The van der Waals surface area contributed by atoms with Crippen molar-refractivity contribution >= 4 is 0 Å². The third-order valence-corrected chi connectivity index (χ3v) is 2.95. The van der Waals surface area contributed by atoms with Gasteiger partial charge in [-0.25, -0.2) is 0 Å². The van der Waals surface area contributed by atoms with Crippen molar-refractivity contribution in [1.29, 1.82) is 0 Å². The zero-order valence-corrected chi connectivity index (χ0v) is 5.64. The molecule has 2 bridgehead atoms. The second kappa shape index (κ2) is 1.96. The molecular weight excluding hydrogens is 112 g/mol. The van der Waals surface area contributed by atoms with Crippen LogP contribution >= 0.6 is 0 Å². The predicted molar refractivity (Wildman–Crippen MR) is 36.6 cm³/mol. The highest BCUT2D eigenvalue weighted by Gasteiger charge is 2.38. The SMILES string of the molecule is NN[C@H]1C[C@@H]2CC[C@H]1C2. The molecule has 9 heavy (non-hydrogen) atoms. The lowest BCUT2D eigenvalue weighted by Gasteiger charge is -2.19. The quantitative estimate of drug-likeness (QED) is 0.399. The Morgan fingerprint density at radius 3 is 2.44 bits per heavy atom. The first-order chi connectivity index (χ1) is 4.40. The van der Waals surface area contributed by atoms with E-state index in [1.54, 1.807) is 0 Å². The molecule has 2 rings (SSSR count). The number of hydrogen-bond acceptors (Lipinski definition) is 2. The molecule has 0 saturated heterocycles. The van der Waals surface area contributed by atoms with Gasteiger partial charge in [0.05, 0.1) is 0 Å². The van der Waals surface area contributed by atoms with Crippen LogP contribution < -0.4 is 11.3 Å². The second-order valence-electron chi connectivity index (χ2n) is 3.45. The molecule has 52 valence electrons. The fraction of sp³-hybridized carbons (Fsp3) is 1.00. The summed E-state index contributed by atoms with van der Waals surface area (Å²) in [7, 11) is 0. The summed E-state index contributed by atoms with van der Waals surface area (Å²) in [5, 5.41) is 0. The number of fused-ring (bicyclic) bond motifs is 2.